The highest BCUT2D eigenvalue weighted by atomic mass is 16.1. The van der Waals surface area contributed by atoms with Gasteiger partial charge in [-0.05, 0) is 25.0 Å². The zero-order chi connectivity index (χ0) is 12.4. The van der Waals surface area contributed by atoms with Gasteiger partial charge in [-0.2, -0.15) is 0 Å². The number of H-pyrrole nitrogens is 1. The van der Waals surface area contributed by atoms with Crippen LogP contribution in [0, 0.1) is 13.8 Å². The van der Waals surface area contributed by atoms with Crippen molar-refractivity contribution in [3.05, 3.63) is 53.1 Å². The SMILES string of the molecule is Cc1ccc(C(C)C(=O)c2cnc[nH]2)c(C)c1. The molecule has 0 aliphatic carbocycles. The highest BCUT2D eigenvalue weighted by Crippen LogP contribution is 2.23. The molecule has 0 radical (unpaired) electrons. The van der Waals surface area contributed by atoms with Crippen molar-refractivity contribution in [1.82, 2.24) is 9.97 Å². The summed E-state index contributed by atoms with van der Waals surface area (Å²) >= 11 is 0. The van der Waals surface area contributed by atoms with Crippen molar-refractivity contribution in [3.63, 3.8) is 0 Å². The number of aromatic nitrogens is 2. The number of benzene rings is 1. The Kier molecular flexibility index (Phi) is 3.09. The molecule has 1 unspecified atom stereocenters. The average Bonchev–Trinajstić information content (AvgIpc) is 2.80. The maximum Gasteiger partial charge on any atom is 0.187 e. The molecular formula is C14H16N2O. The molecule has 3 heteroatoms. The van der Waals surface area contributed by atoms with Crippen molar-refractivity contribution in [2.24, 2.45) is 0 Å². The van der Waals surface area contributed by atoms with E-state index in [9.17, 15) is 4.79 Å². The van der Waals surface area contributed by atoms with E-state index in [-0.39, 0.29) is 11.7 Å². The molecule has 1 heterocycles. The highest BCUT2D eigenvalue weighted by molar-refractivity contribution is 5.99. The second-order valence-electron chi connectivity index (χ2n) is 4.41. The summed E-state index contributed by atoms with van der Waals surface area (Å²) in [6.45, 7) is 6.03. The van der Waals surface area contributed by atoms with Gasteiger partial charge in [-0.1, -0.05) is 30.7 Å². The molecule has 0 fully saturated rings. The van der Waals surface area contributed by atoms with Crippen molar-refractivity contribution < 1.29 is 4.79 Å². The van der Waals surface area contributed by atoms with E-state index in [4.69, 9.17) is 0 Å². The van der Waals surface area contributed by atoms with E-state index < -0.39 is 0 Å². The summed E-state index contributed by atoms with van der Waals surface area (Å²) in [6.07, 6.45) is 3.10. The summed E-state index contributed by atoms with van der Waals surface area (Å²) in [5.74, 6) is -0.0643. The molecule has 1 aromatic carbocycles. The van der Waals surface area contributed by atoms with Crippen LogP contribution in [0.1, 0.15) is 40.0 Å². The minimum absolute atomic E-state index is 0.0782. The molecule has 2 rings (SSSR count). The number of hydrogen-bond donors (Lipinski definition) is 1. The quantitative estimate of drug-likeness (QED) is 0.821. The molecule has 0 saturated heterocycles. The van der Waals surface area contributed by atoms with E-state index in [1.54, 1.807) is 6.20 Å². The van der Waals surface area contributed by atoms with Gasteiger partial charge in [0, 0.05) is 5.92 Å². The Bertz CT molecular complexity index is 529. The van der Waals surface area contributed by atoms with Crippen LogP contribution in [0.3, 0.4) is 0 Å². The second kappa shape index (κ2) is 4.53. The zero-order valence-electron chi connectivity index (χ0n) is 10.3. The average molecular weight is 228 g/mol. The third-order valence-electron chi connectivity index (χ3n) is 3.05. The van der Waals surface area contributed by atoms with Crippen LogP contribution >= 0.6 is 0 Å². The first-order chi connectivity index (χ1) is 8.09. The van der Waals surface area contributed by atoms with Gasteiger partial charge in [0.05, 0.1) is 12.5 Å². The van der Waals surface area contributed by atoms with Gasteiger partial charge in [-0.15, -0.1) is 0 Å². The Labute approximate surface area is 101 Å². The summed E-state index contributed by atoms with van der Waals surface area (Å²) in [5.41, 5.74) is 4.02. The molecule has 0 bridgehead atoms. The molecule has 0 saturated carbocycles. The Morgan fingerprint density at radius 2 is 2.12 bits per heavy atom. The topological polar surface area (TPSA) is 45.8 Å². The molecule has 1 N–H and O–H groups in total. The number of ketones is 1. The first-order valence-electron chi connectivity index (χ1n) is 5.69. The van der Waals surface area contributed by atoms with Crippen molar-refractivity contribution in [1.29, 1.82) is 0 Å². The van der Waals surface area contributed by atoms with E-state index in [0.717, 1.165) is 11.1 Å². The minimum Gasteiger partial charge on any atom is -0.342 e. The number of hydrogen-bond acceptors (Lipinski definition) is 2. The number of nitrogens with zero attached hydrogens (tertiary/aromatic N) is 1. The van der Waals surface area contributed by atoms with Crippen LogP contribution in [-0.4, -0.2) is 15.8 Å². The normalized spacial score (nSPS) is 12.4. The first kappa shape index (κ1) is 11.6. The molecule has 1 atom stereocenters. The largest absolute Gasteiger partial charge is 0.342 e. The summed E-state index contributed by atoms with van der Waals surface area (Å²) in [7, 11) is 0. The van der Waals surface area contributed by atoms with Crippen molar-refractivity contribution in [2.75, 3.05) is 0 Å². The summed E-state index contributed by atoms with van der Waals surface area (Å²) < 4.78 is 0. The summed E-state index contributed by atoms with van der Waals surface area (Å²) in [4.78, 5) is 18.9. The molecule has 0 aliphatic heterocycles. The van der Waals surface area contributed by atoms with E-state index in [2.05, 4.69) is 23.0 Å². The molecule has 0 amide bonds. The van der Waals surface area contributed by atoms with Crippen LogP contribution in [0.2, 0.25) is 0 Å². The van der Waals surface area contributed by atoms with Gasteiger partial charge >= 0.3 is 0 Å². The van der Waals surface area contributed by atoms with Gasteiger partial charge in [0.2, 0.25) is 0 Å². The third kappa shape index (κ3) is 2.28. The number of aryl methyl sites for hydroxylation is 2. The summed E-state index contributed by atoms with van der Waals surface area (Å²) in [6, 6.07) is 6.18. The highest BCUT2D eigenvalue weighted by Gasteiger charge is 2.19. The molecule has 88 valence electrons. The van der Waals surface area contributed by atoms with Gasteiger partial charge in [-0.3, -0.25) is 4.79 Å². The number of carbonyl (C=O) groups excluding carboxylic acids is 1. The number of rotatable bonds is 3. The predicted octanol–water partition coefficient (Wildman–Crippen LogP) is 3.01. The fourth-order valence-corrected chi connectivity index (χ4v) is 2.08. The Morgan fingerprint density at radius 3 is 2.71 bits per heavy atom. The van der Waals surface area contributed by atoms with Gasteiger partial charge in [0.15, 0.2) is 5.78 Å². The Balaban J connectivity index is 2.31. The smallest absolute Gasteiger partial charge is 0.187 e. The molecule has 1 aromatic heterocycles. The van der Waals surface area contributed by atoms with E-state index in [0.29, 0.717) is 5.69 Å². The van der Waals surface area contributed by atoms with Crippen LogP contribution in [0.15, 0.2) is 30.7 Å². The minimum atomic E-state index is -0.143. The van der Waals surface area contributed by atoms with Gasteiger partial charge in [0.25, 0.3) is 0 Å². The van der Waals surface area contributed by atoms with Crippen LogP contribution in [0.4, 0.5) is 0 Å². The fourth-order valence-electron chi connectivity index (χ4n) is 2.08. The maximum absolute atomic E-state index is 12.2. The predicted molar refractivity (Wildman–Crippen MR) is 67.2 cm³/mol. The third-order valence-corrected chi connectivity index (χ3v) is 3.05. The lowest BCUT2D eigenvalue weighted by atomic mass is 9.91. The number of imidazole rings is 1. The zero-order valence-corrected chi connectivity index (χ0v) is 10.3. The maximum atomic E-state index is 12.2. The summed E-state index contributed by atoms with van der Waals surface area (Å²) in [5, 5.41) is 0. The lowest BCUT2D eigenvalue weighted by Crippen LogP contribution is -2.11. The van der Waals surface area contributed by atoms with E-state index in [1.807, 2.05) is 26.0 Å². The first-order valence-corrected chi connectivity index (χ1v) is 5.69. The number of aromatic amines is 1. The van der Waals surface area contributed by atoms with Crippen molar-refractivity contribution in [2.45, 2.75) is 26.7 Å². The van der Waals surface area contributed by atoms with Crippen LogP contribution < -0.4 is 0 Å². The lowest BCUT2D eigenvalue weighted by molar-refractivity contribution is 0.0961. The second-order valence-corrected chi connectivity index (χ2v) is 4.41. The Hall–Kier alpha value is -1.90. The molecule has 17 heavy (non-hydrogen) atoms. The Morgan fingerprint density at radius 1 is 1.35 bits per heavy atom. The lowest BCUT2D eigenvalue weighted by Gasteiger charge is -2.13. The number of carbonyl (C=O) groups is 1. The molecule has 0 spiro atoms. The molecule has 3 nitrogen and oxygen atoms in total. The van der Waals surface area contributed by atoms with Crippen LogP contribution in [0.25, 0.3) is 0 Å². The van der Waals surface area contributed by atoms with Gasteiger partial charge in [-0.25, -0.2) is 4.98 Å². The number of nitrogens with one attached hydrogen (secondary N) is 1. The van der Waals surface area contributed by atoms with Crippen molar-refractivity contribution in [3.8, 4) is 0 Å². The molecule has 2 aromatic rings. The van der Waals surface area contributed by atoms with Gasteiger partial charge in [0.1, 0.15) is 5.69 Å². The van der Waals surface area contributed by atoms with E-state index in [1.165, 1.54) is 11.9 Å². The van der Waals surface area contributed by atoms with Gasteiger partial charge < -0.3 is 4.98 Å². The molecule has 0 aliphatic rings. The van der Waals surface area contributed by atoms with E-state index >= 15 is 0 Å². The van der Waals surface area contributed by atoms with Crippen LogP contribution in [0.5, 0.6) is 0 Å². The van der Waals surface area contributed by atoms with Crippen molar-refractivity contribution >= 4 is 5.78 Å². The van der Waals surface area contributed by atoms with Crippen LogP contribution in [-0.2, 0) is 0 Å². The monoisotopic (exact) mass is 228 g/mol. The molecular weight excluding hydrogens is 212 g/mol. The number of Topliss-reactive ketones (excluding diaryl/α,β-unsaturated/α-hetero) is 1. The standard InChI is InChI=1S/C14H16N2O/c1-9-4-5-12(10(2)6-9)11(3)14(17)13-7-15-8-16-13/h4-8,11H,1-3H3,(H,15,16). The fraction of sp³-hybridized carbons (Fsp3) is 0.286.